The number of allylic oxidation sites excluding steroid dienone is 3. The fraction of sp³-hybridized carbons (Fsp3) is 0.153. The van der Waals surface area contributed by atoms with E-state index in [1.54, 1.807) is 0 Å². The van der Waals surface area contributed by atoms with Crippen molar-refractivity contribution in [2.75, 3.05) is 14.7 Å². The summed E-state index contributed by atoms with van der Waals surface area (Å²) in [6.45, 7) is 21.4. The number of nitrogens with zero attached hydrogens (tertiary/aromatic N) is 6. The molecule has 0 saturated heterocycles. The molecule has 1 fully saturated rings. The highest BCUT2D eigenvalue weighted by atomic mass is 15.2. The Morgan fingerprint density at radius 1 is 0.402 bits per heavy atom. The van der Waals surface area contributed by atoms with Gasteiger partial charge in [0.1, 0.15) is 0 Å². The van der Waals surface area contributed by atoms with Crippen molar-refractivity contribution >= 4 is 117 Å². The Morgan fingerprint density at radius 3 is 1.37 bits per heavy atom. The van der Waals surface area contributed by atoms with Gasteiger partial charge in [0.2, 0.25) is 0 Å². The van der Waals surface area contributed by atoms with Crippen molar-refractivity contribution in [2.45, 2.75) is 86.6 Å². The molecule has 0 amide bonds. The molecule has 0 bridgehead atoms. The van der Waals surface area contributed by atoms with Gasteiger partial charge in [-0.25, -0.2) is 0 Å². The van der Waals surface area contributed by atoms with Gasteiger partial charge in [-0.1, -0.05) is 190 Å². The van der Waals surface area contributed by atoms with E-state index < -0.39 is 0 Å². The molecule has 0 atom stereocenters. The van der Waals surface area contributed by atoms with E-state index in [9.17, 15) is 0 Å². The highest BCUT2D eigenvalue weighted by Crippen LogP contribution is 2.54. The average molecular weight is 1190 g/mol. The molecule has 6 nitrogen and oxygen atoms in total. The third-order valence-corrected chi connectivity index (χ3v) is 20.8. The van der Waals surface area contributed by atoms with Crippen LogP contribution in [0.5, 0.6) is 0 Å². The van der Waals surface area contributed by atoms with Crippen LogP contribution >= 0.6 is 0 Å². The molecule has 3 aliphatic rings. The van der Waals surface area contributed by atoms with E-state index >= 15 is 0 Å². The standard InChI is InChI=1S/C85H73BN6/c1-53-28-24-29-54(2)81(53)87(72-46-27-47-73-77(72)64-40-18-21-43-69(64)89(73)61-34-12-9-13-35-61)59(7)52-76-80-60(8)88(82-55(3)30-25-31-56(82)4)84-67(48-50-74-78(84)65-41-19-22-44-70(65)90(74)62-36-14-10-15-37-62)86(80)68-49-51-75-79(85(68)92(76)83-57(5)32-26-33-58(83)6)66-42-20-23-45-71(66)91(75)63-38-16-11-17-39-63/h10-11,14-33,36-52,61H,7,9,12-13,34-35H2,1-6,8H3/b76-52+. The summed E-state index contributed by atoms with van der Waals surface area (Å²) in [5, 5.41) is 7.40. The van der Waals surface area contributed by atoms with Gasteiger partial charge in [-0.05, 0) is 184 Å². The summed E-state index contributed by atoms with van der Waals surface area (Å²) in [4.78, 5) is 7.89. The summed E-state index contributed by atoms with van der Waals surface area (Å²) in [7, 11) is 0. The first-order chi connectivity index (χ1) is 45.1. The predicted molar refractivity (Wildman–Crippen MR) is 392 cm³/mol. The van der Waals surface area contributed by atoms with Crippen LogP contribution in [0.25, 0.3) is 76.8 Å². The van der Waals surface area contributed by atoms with Gasteiger partial charge < -0.3 is 28.4 Å². The minimum atomic E-state index is -0.239. The molecule has 446 valence electrons. The first kappa shape index (κ1) is 55.6. The van der Waals surface area contributed by atoms with Crippen molar-refractivity contribution in [1.82, 2.24) is 13.7 Å². The van der Waals surface area contributed by atoms with Gasteiger partial charge in [0.15, 0.2) is 0 Å². The number of aromatic nitrogens is 3. The third-order valence-electron chi connectivity index (χ3n) is 20.8. The van der Waals surface area contributed by atoms with Crippen LogP contribution in [0, 0.1) is 41.5 Å². The second-order valence-corrected chi connectivity index (χ2v) is 26.2. The Kier molecular flexibility index (Phi) is 13.0. The fourth-order valence-corrected chi connectivity index (χ4v) is 17.0. The maximum atomic E-state index is 5.44. The molecule has 0 N–H and O–H groups in total. The lowest BCUT2D eigenvalue weighted by Gasteiger charge is -2.47. The number of hydrogen-bond donors (Lipinski definition) is 0. The highest BCUT2D eigenvalue weighted by molar-refractivity contribution is 6.95. The van der Waals surface area contributed by atoms with E-state index in [1.165, 1.54) is 165 Å². The molecular formula is C85H73BN6. The molecule has 0 radical (unpaired) electrons. The van der Waals surface area contributed by atoms with Crippen LogP contribution in [0.15, 0.2) is 266 Å². The first-order valence-corrected chi connectivity index (χ1v) is 33.0. The number of benzene rings is 11. The zero-order chi connectivity index (χ0) is 62.2. The second kappa shape index (κ2) is 21.6. The van der Waals surface area contributed by atoms with Crippen LogP contribution in [-0.2, 0) is 0 Å². The molecule has 1 saturated carbocycles. The minimum Gasteiger partial charge on any atom is -0.337 e. The molecule has 7 heteroatoms. The Balaban J connectivity index is 1.05. The molecule has 0 unspecified atom stereocenters. The summed E-state index contributed by atoms with van der Waals surface area (Å²) in [5.41, 5.74) is 30.6. The average Bonchev–Trinajstić information content (AvgIpc) is 1.24. The topological polar surface area (TPSA) is 24.5 Å². The largest absolute Gasteiger partial charge is 0.337 e. The van der Waals surface area contributed by atoms with E-state index in [1.807, 2.05) is 0 Å². The van der Waals surface area contributed by atoms with Gasteiger partial charge in [-0.15, -0.1) is 0 Å². The lowest BCUT2D eigenvalue weighted by atomic mass is 9.32. The van der Waals surface area contributed by atoms with Crippen molar-refractivity contribution in [3.05, 3.63) is 299 Å². The number of hydrogen-bond acceptors (Lipinski definition) is 3. The fourth-order valence-electron chi connectivity index (χ4n) is 17.0. The van der Waals surface area contributed by atoms with Crippen LogP contribution in [0.2, 0.25) is 0 Å². The summed E-state index contributed by atoms with van der Waals surface area (Å²) in [6, 6.07) is 86.9. The number of anilines is 6. The lowest BCUT2D eigenvalue weighted by Crippen LogP contribution is -2.56. The Hall–Kier alpha value is -10.5. The molecule has 14 aromatic rings. The first-order valence-electron chi connectivity index (χ1n) is 33.0. The Labute approximate surface area is 539 Å². The number of aryl methyl sites for hydroxylation is 6. The van der Waals surface area contributed by atoms with Crippen molar-refractivity contribution < 1.29 is 0 Å². The zero-order valence-corrected chi connectivity index (χ0v) is 53.6. The van der Waals surface area contributed by atoms with Crippen LogP contribution in [0.4, 0.5) is 34.1 Å². The second-order valence-electron chi connectivity index (χ2n) is 26.2. The Morgan fingerprint density at radius 2 is 0.837 bits per heavy atom. The van der Waals surface area contributed by atoms with Gasteiger partial charge in [0.05, 0.1) is 61.7 Å². The molecule has 0 spiro atoms. The lowest BCUT2D eigenvalue weighted by molar-refractivity contribution is 0.367. The van der Waals surface area contributed by atoms with Crippen LogP contribution in [0.3, 0.4) is 0 Å². The molecule has 3 aromatic heterocycles. The van der Waals surface area contributed by atoms with Crippen molar-refractivity contribution in [1.29, 1.82) is 0 Å². The maximum Gasteiger partial charge on any atom is 0.251 e. The molecule has 5 heterocycles. The van der Waals surface area contributed by atoms with Gasteiger partial charge in [-0.3, -0.25) is 0 Å². The van der Waals surface area contributed by atoms with Crippen LogP contribution in [0.1, 0.15) is 78.5 Å². The SMILES string of the molecule is C=C(/C=C1\C2=C(C)N(c3c(C)cccc3C)c3c(ccc4c3c3ccccc3n4-c3ccccc3)B2c2ccc3c(c2N1c1c(C)cccc1C)c1ccccc1n3-c1ccccc1)N(c1c(C)cccc1C)c1cccc2c1c1ccccc1n2C1CCCCC1. The molecule has 2 aliphatic heterocycles. The van der Waals surface area contributed by atoms with E-state index in [4.69, 9.17) is 6.58 Å². The maximum absolute atomic E-state index is 5.44. The summed E-state index contributed by atoms with van der Waals surface area (Å²) < 4.78 is 7.66. The van der Waals surface area contributed by atoms with Crippen molar-refractivity contribution in [3.8, 4) is 11.4 Å². The van der Waals surface area contributed by atoms with Gasteiger partial charge in [0.25, 0.3) is 6.71 Å². The normalized spacial score (nSPS) is 14.8. The molecule has 17 rings (SSSR count). The summed E-state index contributed by atoms with van der Waals surface area (Å²) in [5.74, 6) is 0. The van der Waals surface area contributed by atoms with E-state index in [0.29, 0.717) is 6.04 Å². The number of rotatable bonds is 9. The van der Waals surface area contributed by atoms with Gasteiger partial charge >= 0.3 is 0 Å². The van der Waals surface area contributed by atoms with Gasteiger partial charge in [0, 0.05) is 72.3 Å². The number of para-hydroxylation sites is 8. The highest BCUT2D eigenvalue weighted by Gasteiger charge is 2.47. The van der Waals surface area contributed by atoms with E-state index in [-0.39, 0.29) is 6.71 Å². The molecule has 1 aliphatic carbocycles. The smallest absolute Gasteiger partial charge is 0.251 e. The molecule has 92 heavy (non-hydrogen) atoms. The third kappa shape index (κ3) is 8.20. The van der Waals surface area contributed by atoms with E-state index in [0.717, 1.165) is 45.3 Å². The summed E-state index contributed by atoms with van der Waals surface area (Å²) in [6.07, 6.45) is 8.66. The van der Waals surface area contributed by atoms with Crippen LogP contribution in [-0.4, -0.2) is 20.4 Å². The minimum absolute atomic E-state index is 0.239. The van der Waals surface area contributed by atoms with Crippen LogP contribution < -0.4 is 25.6 Å². The number of fused-ring (bicyclic) bond motifs is 16. The van der Waals surface area contributed by atoms with E-state index in [2.05, 4.69) is 313 Å². The van der Waals surface area contributed by atoms with Crippen molar-refractivity contribution in [3.63, 3.8) is 0 Å². The quantitative estimate of drug-likeness (QED) is 0.135. The zero-order valence-electron chi connectivity index (χ0n) is 53.6. The molecular weight excluding hydrogens is 1120 g/mol. The monoisotopic (exact) mass is 1190 g/mol. The van der Waals surface area contributed by atoms with Gasteiger partial charge in [-0.2, -0.15) is 0 Å². The Bertz CT molecular complexity index is 5390. The van der Waals surface area contributed by atoms with Crippen molar-refractivity contribution in [2.24, 2.45) is 0 Å². The summed E-state index contributed by atoms with van der Waals surface area (Å²) >= 11 is 0. The predicted octanol–water partition coefficient (Wildman–Crippen LogP) is 21.3. The molecule has 11 aromatic carbocycles.